The Balaban J connectivity index is 1.68. The lowest BCUT2D eigenvalue weighted by molar-refractivity contribution is 0.279. The molecule has 5 heteroatoms. The summed E-state index contributed by atoms with van der Waals surface area (Å²) in [5, 5.41) is 8.67. The molecule has 1 atom stereocenters. The van der Waals surface area contributed by atoms with Gasteiger partial charge in [-0.2, -0.15) is 10.2 Å². The van der Waals surface area contributed by atoms with Crippen LogP contribution in [0.3, 0.4) is 0 Å². The molecule has 0 spiro atoms. The molecule has 4 rings (SSSR count). The van der Waals surface area contributed by atoms with Gasteiger partial charge in [0.15, 0.2) is 0 Å². The molecule has 1 aliphatic rings. The lowest BCUT2D eigenvalue weighted by atomic mass is 9.78. The van der Waals surface area contributed by atoms with E-state index >= 15 is 0 Å². The largest absolute Gasteiger partial charge is 0.493 e. The zero-order valence-corrected chi connectivity index (χ0v) is 15.5. The fourth-order valence-electron chi connectivity index (χ4n) is 3.53. The van der Waals surface area contributed by atoms with Gasteiger partial charge in [0.1, 0.15) is 17.1 Å². The number of aryl methyl sites for hydroxylation is 1. The summed E-state index contributed by atoms with van der Waals surface area (Å²) >= 11 is 0. The van der Waals surface area contributed by atoms with E-state index in [9.17, 15) is 4.39 Å². The molecule has 0 bridgehead atoms. The predicted molar refractivity (Wildman–Crippen MR) is 106 cm³/mol. The first kappa shape index (κ1) is 18.0. The number of hydrogen-bond acceptors (Lipinski definition) is 4. The van der Waals surface area contributed by atoms with Crippen molar-refractivity contribution in [3.05, 3.63) is 102 Å². The molecule has 2 aromatic carbocycles. The number of benzene rings is 2. The number of halogens is 1. The molecule has 0 N–H and O–H groups in total. The molecule has 0 amide bonds. The van der Waals surface area contributed by atoms with Crippen LogP contribution in [0.25, 0.3) is 5.57 Å². The van der Waals surface area contributed by atoms with Crippen molar-refractivity contribution in [2.24, 2.45) is 10.2 Å². The van der Waals surface area contributed by atoms with E-state index in [1.807, 2.05) is 49.4 Å². The number of rotatable bonds is 6. The van der Waals surface area contributed by atoms with Gasteiger partial charge in [-0.3, -0.25) is 4.98 Å². The molecule has 2 heterocycles. The van der Waals surface area contributed by atoms with Crippen molar-refractivity contribution in [3.63, 3.8) is 0 Å². The average Bonchev–Trinajstić information content (AvgIpc) is 3.14. The van der Waals surface area contributed by atoms with E-state index in [4.69, 9.17) is 4.74 Å². The van der Waals surface area contributed by atoms with Crippen LogP contribution in [-0.2, 0) is 5.54 Å². The molecule has 1 aromatic heterocycles. The molecule has 1 unspecified atom stereocenters. The Morgan fingerprint density at radius 2 is 1.82 bits per heavy atom. The summed E-state index contributed by atoms with van der Waals surface area (Å²) in [6.07, 6.45) is 5.58. The van der Waals surface area contributed by atoms with Crippen LogP contribution in [0.1, 0.15) is 23.1 Å². The summed E-state index contributed by atoms with van der Waals surface area (Å²) in [7, 11) is 0. The Kier molecular flexibility index (Phi) is 4.98. The van der Waals surface area contributed by atoms with Crippen LogP contribution in [-0.4, -0.2) is 11.6 Å². The number of hydrogen-bond donors (Lipinski definition) is 0. The predicted octanol–water partition coefficient (Wildman–Crippen LogP) is 5.70. The van der Waals surface area contributed by atoms with E-state index in [-0.39, 0.29) is 5.82 Å². The van der Waals surface area contributed by atoms with Gasteiger partial charge < -0.3 is 4.74 Å². The monoisotopic (exact) mass is 373 g/mol. The molecule has 0 saturated heterocycles. The van der Waals surface area contributed by atoms with Crippen molar-refractivity contribution in [3.8, 4) is 5.75 Å². The van der Waals surface area contributed by atoms with Crippen LogP contribution in [0.4, 0.5) is 4.39 Å². The first-order chi connectivity index (χ1) is 13.7. The molecule has 0 aliphatic carbocycles. The Morgan fingerprint density at radius 1 is 1.00 bits per heavy atom. The molecule has 4 nitrogen and oxygen atoms in total. The Labute approximate surface area is 163 Å². The summed E-state index contributed by atoms with van der Waals surface area (Å²) in [6.45, 7) is 2.39. The van der Waals surface area contributed by atoms with Crippen molar-refractivity contribution in [1.82, 2.24) is 4.98 Å². The quantitative estimate of drug-likeness (QED) is 0.556. The molecule has 0 fully saturated rings. The van der Waals surface area contributed by atoms with Gasteiger partial charge in [0.2, 0.25) is 0 Å². The first-order valence-corrected chi connectivity index (χ1v) is 9.16. The maximum Gasteiger partial charge on any atom is 0.140 e. The topological polar surface area (TPSA) is 46.8 Å². The van der Waals surface area contributed by atoms with E-state index < -0.39 is 5.54 Å². The van der Waals surface area contributed by atoms with Gasteiger partial charge in [-0.05, 0) is 48.4 Å². The average molecular weight is 373 g/mol. The third-order valence-corrected chi connectivity index (χ3v) is 4.89. The highest BCUT2D eigenvalue weighted by molar-refractivity contribution is 5.76. The van der Waals surface area contributed by atoms with E-state index in [1.165, 1.54) is 6.07 Å². The highest BCUT2D eigenvalue weighted by Gasteiger charge is 2.42. The van der Waals surface area contributed by atoms with Crippen molar-refractivity contribution in [2.45, 2.75) is 18.9 Å². The van der Waals surface area contributed by atoms with Crippen LogP contribution >= 0.6 is 0 Å². The van der Waals surface area contributed by atoms with Crippen molar-refractivity contribution >= 4 is 5.57 Å². The fourth-order valence-corrected chi connectivity index (χ4v) is 3.53. The number of nitrogens with zero attached hydrogens (tertiary/aromatic N) is 3. The second-order valence-corrected chi connectivity index (χ2v) is 6.75. The molecule has 3 aromatic rings. The van der Waals surface area contributed by atoms with Gasteiger partial charge >= 0.3 is 0 Å². The van der Waals surface area contributed by atoms with Crippen LogP contribution in [0, 0.1) is 12.7 Å². The van der Waals surface area contributed by atoms with Gasteiger partial charge in [-0.15, -0.1) is 0 Å². The Hall–Kier alpha value is -3.34. The molecule has 0 radical (unpaired) electrons. The number of pyridine rings is 1. The Bertz CT molecular complexity index is 1030. The summed E-state index contributed by atoms with van der Waals surface area (Å²) in [4.78, 5) is 4.08. The van der Waals surface area contributed by atoms with Gasteiger partial charge in [-0.25, -0.2) is 4.39 Å². The normalized spacial score (nSPS) is 18.1. The van der Waals surface area contributed by atoms with E-state index in [1.54, 1.807) is 30.7 Å². The minimum Gasteiger partial charge on any atom is -0.493 e. The van der Waals surface area contributed by atoms with Gasteiger partial charge in [-0.1, -0.05) is 30.3 Å². The number of ether oxygens (including phenoxy) is 1. The Morgan fingerprint density at radius 3 is 2.61 bits per heavy atom. The third-order valence-electron chi connectivity index (χ3n) is 4.89. The fraction of sp³-hybridized carbons (Fsp3) is 0.174. The lowest BCUT2D eigenvalue weighted by Gasteiger charge is -2.29. The van der Waals surface area contributed by atoms with Gasteiger partial charge in [0.25, 0.3) is 0 Å². The van der Waals surface area contributed by atoms with Crippen molar-refractivity contribution in [2.75, 3.05) is 6.61 Å². The smallest absolute Gasteiger partial charge is 0.140 e. The molecule has 28 heavy (non-hydrogen) atoms. The highest BCUT2D eigenvalue weighted by atomic mass is 19.1. The lowest BCUT2D eigenvalue weighted by Crippen LogP contribution is -2.27. The maximum absolute atomic E-state index is 14.8. The number of azo groups is 1. The molecular formula is C23H20FN3O. The summed E-state index contributed by atoms with van der Waals surface area (Å²) in [6, 6.07) is 18.4. The standard InChI is InChI=1S/C23H20FN3O/c1-17-5-4-6-19(15-17)28-14-11-23(20-7-2-3-8-22(20)24)21(16-26-27-23)18-9-12-25-13-10-18/h2-10,12-13,15-16H,11,14H2,1H3. The second kappa shape index (κ2) is 7.72. The highest BCUT2D eigenvalue weighted by Crippen LogP contribution is 2.47. The molecule has 0 saturated carbocycles. The minimum absolute atomic E-state index is 0.307. The zero-order chi connectivity index (χ0) is 19.4. The zero-order valence-electron chi connectivity index (χ0n) is 15.5. The summed E-state index contributed by atoms with van der Waals surface area (Å²) < 4.78 is 20.8. The third kappa shape index (κ3) is 3.43. The molecular weight excluding hydrogens is 353 g/mol. The van der Waals surface area contributed by atoms with Crippen LogP contribution in [0.5, 0.6) is 5.75 Å². The van der Waals surface area contributed by atoms with Crippen LogP contribution < -0.4 is 4.74 Å². The molecule has 140 valence electrons. The SMILES string of the molecule is Cc1cccc(OCCC2(c3ccccc3F)N=NC=C2c2ccncc2)c1. The van der Waals surface area contributed by atoms with Crippen LogP contribution in [0.2, 0.25) is 0 Å². The van der Waals surface area contributed by atoms with Gasteiger partial charge in [0.05, 0.1) is 12.8 Å². The first-order valence-electron chi connectivity index (χ1n) is 9.16. The van der Waals surface area contributed by atoms with Crippen molar-refractivity contribution < 1.29 is 9.13 Å². The molecule has 1 aliphatic heterocycles. The minimum atomic E-state index is -0.934. The maximum atomic E-state index is 14.8. The van der Waals surface area contributed by atoms with Crippen molar-refractivity contribution in [1.29, 1.82) is 0 Å². The summed E-state index contributed by atoms with van der Waals surface area (Å²) in [5.74, 6) is 0.479. The van der Waals surface area contributed by atoms with E-state index in [0.29, 0.717) is 18.6 Å². The van der Waals surface area contributed by atoms with Gasteiger partial charge in [0, 0.05) is 30.0 Å². The number of aromatic nitrogens is 1. The second-order valence-electron chi connectivity index (χ2n) is 6.75. The van der Waals surface area contributed by atoms with Crippen LogP contribution in [0.15, 0.2) is 89.5 Å². The van der Waals surface area contributed by atoms with E-state index in [0.717, 1.165) is 22.4 Å². The van der Waals surface area contributed by atoms with E-state index in [2.05, 4.69) is 15.2 Å². The summed E-state index contributed by atoms with van der Waals surface area (Å²) in [5.41, 5.74) is 2.44.